The molecule has 0 unspecified atom stereocenters. The predicted octanol–water partition coefficient (Wildman–Crippen LogP) is 4.52. The van der Waals surface area contributed by atoms with Gasteiger partial charge < -0.3 is 14.8 Å². The van der Waals surface area contributed by atoms with Crippen LogP contribution in [0.3, 0.4) is 0 Å². The molecule has 1 aromatic heterocycles. The second-order valence-electron chi connectivity index (χ2n) is 4.82. The van der Waals surface area contributed by atoms with Crippen molar-refractivity contribution in [2.24, 2.45) is 0 Å². The molecule has 1 aliphatic heterocycles. The van der Waals surface area contributed by atoms with Crippen molar-refractivity contribution >= 4 is 28.6 Å². The number of hydrogen-bond donors (Lipinski definition) is 1. The van der Waals surface area contributed by atoms with E-state index in [-0.39, 0.29) is 0 Å². The van der Waals surface area contributed by atoms with E-state index in [9.17, 15) is 0 Å². The lowest BCUT2D eigenvalue weighted by Crippen LogP contribution is -2.29. The van der Waals surface area contributed by atoms with Crippen LogP contribution < -0.4 is 14.8 Å². The Morgan fingerprint density at radius 3 is 2.68 bits per heavy atom. The topological polar surface area (TPSA) is 30.5 Å². The van der Waals surface area contributed by atoms with Crippen LogP contribution in [0.2, 0.25) is 4.34 Å². The molecule has 19 heavy (non-hydrogen) atoms. The molecule has 0 atom stereocenters. The van der Waals surface area contributed by atoms with E-state index in [0.29, 0.717) is 0 Å². The molecule has 0 fully saturated rings. The standard InChI is InChI=1S/C14H14ClNO2S/c1-14(2)17-11-5-3-9(7-12(11)18-14)16-8-10-4-6-13(15)19-10/h3-7,16H,8H2,1-2H3. The van der Waals surface area contributed by atoms with Gasteiger partial charge in [-0.2, -0.15) is 0 Å². The molecule has 5 heteroatoms. The van der Waals surface area contributed by atoms with E-state index in [1.165, 1.54) is 4.88 Å². The largest absolute Gasteiger partial charge is 0.449 e. The molecule has 100 valence electrons. The van der Waals surface area contributed by atoms with Gasteiger partial charge in [0.15, 0.2) is 11.5 Å². The smallest absolute Gasteiger partial charge is 0.246 e. The van der Waals surface area contributed by atoms with E-state index < -0.39 is 5.79 Å². The highest BCUT2D eigenvalue weighted by molar-refractivity contribution is 7.16. The van der Waals surface area contributed by atoms with Crippen LogP contribution in [0, 0.1) is 0 Å². The SMILES string of the molecule is CC1(C)Oc2ccc(NCc3ccc(Cl)s3)cc2O1. The molecule has 0 aliphatic carbocycles. The van der Waals surface area contributed by atoms with Gasteiger partial charge in [-0.3, -0.25) is 0 Å². The Bertz CT molecular complexity index is 609. The molecule has 0 radical (unpaired) electrons. The quantitative estimate of drug-likeness (QED) is 0.903. The summed E-state index contributed by atoms with van der Waals surface area (Å²) in [4.78, 5) is 1.20. The Hall–Kier alpha value is -1.39. The summed E-state index contributed by atoms with van der Waals surface area (Å²) in [5.74, 6) is 0.983. The predicted molar refractivity (Wildman–Crippen MR) is 78.4 cm³/mol. The van der Waals surface area contributed by atoms with E-state index in [4.69, 9.17) is 21.1 Å². The molecule has 0 amide bonds. The normalized spacial score (nSPS) is 15.5. The number of thiophene rings is 1. The van der Waals surface area contributed by atoms with Crippen molar-refractivity contribution in [2.75, 3.05) is 5.32 Å². The van der Waals surface area contributed by atoms with Gasteiger partial charge in [-0.25, -0.2) is 0 Å². The zero-order valence-electron chi connectivity index (χ0n) is 10.7. The van der Waals surface area contributed by atoms with Crippen molar-refractivity contribution in [1.29, 1.82) is 0 Å². The van der Waals surface area contributed by atoms with Gasteiger partial charge in [0.2, 0.25) is 5.79 Å². The van der Waals surface area contributed by atoms with Crippen LogP contribution in [0.15, 0.2) is 30.3 Å². The van der Waals surface area contributed by atoms with Gasteiger partial charge in [0, 0.05) is 37.0 Å². The first-order valence-corrected chi connectivity index (χ1v) is 7.21. The lowest BCUT2D eigenvalue weighted by Gasteiger charge is -2.16. The van der Waals surface area contributed by atoms with E-state index in [1.807, 2.05) is 44.2 Å². The Kier molecular flexibility index (Phi) is 3.07. The van der Waals surface area contributed by atoms with Crippen LogP contribution in [0.1, 0.15) is 18.7 Å². The number of fused-ring (bicyclic) bond motifs is 1. The molecule has 1 aromatic carbocycles. The van der Waals surface area contributed by atoms with E-state index in [2.05, 4.69) is 5.32 Å². The minimum atomic E-state index is -0.581. The average Bonchev–Trinajstić information content (AvgIpc) is 2.87. The van der Waals surface area contributed by atoms with Crippen LogP contribution in [0.5, 0.6) is 11.5 Å². The molecule has 1 aliphatic rings. The number of anilines is 1. The third-order valence-corrected chi connectivity index (χ3v) is 3.98. The van der Waals surface area contributed by atoms with Gasteiger partial charge in [0.05, 0.1) is 4.34 Å². The monoisotopic (exact) mass is 295 g/mol. The van der Waals surface area contributed by atoms with Gasteiger partial charge in [0.1, 0.15) is 0 Å². The minimum Gasteiger partial charge on any atom is -0.449 e. The molecule has 0 saturated carbocycles. The molecule has 3 nitrogen and oxygen atoms in total. The second-order valence-corrected chi connectivity index (χ2v) is 6.62. The zero-order valence-corrected chi connectivity index (χ0v) is 12.3. The molecule has 1 N–H and O–H groups in total. The van der Waals surface area contributed by atoms with Crippen molar-refractivity contribution in [2.45, 2.75) is 26.2 Å². The van der Waals surface area contributed by atoms with Gasteiger partial charge in [-0.1, -0.05) is 11.6 Å². The summed E-state index contributed by atoms with van der Waals surface area (Å²) < 4.78 is 12.2. The maximum Gasteiger partial charge on any atom is 0.246 e. The Balaban J connectivity index is 1.70. The van der Waals surface area contributed by atoms with Crippen LogP contribution >= 0.6 is 22.9 Å². The summed E-state index contributed by atoms with van der Waals surface area (Å²) in [5.41, 5.74) is 1.00. The summed E-state index contributed by atoms with van der Waals surface area (Å²) in [6, 6.07) is 9.80. The summed E-state index contributed by atoms with van der Waals surface area (Å²) in [5, 5.41) is 3.35. The van der Waals surface area contributed by atoms with Gasteiger partial charge in [0.25, 0.3) is 0 Å². The second kappa shape index (κ2) is 4.62. The number of rotatable bonds is 3. The van der Waals surface area contributed by atoms with Crippen LogP contribution in [-0.4, -0.2) is 5.79 Å². The van der Waals surface area contributed by atoms with Crippen molar-refractivity contribution in [1.82, 2.24) is 0 Å². The summed E-state index contributed by atoms with van der Waals surface area (Å²) in [6.07, 6.45) is 0. The Morgan fingerprint density at radius 2 is 1.95 bits per heavy atom. The number of hydrogen-bond acceptors (Lipinski definition) is 4. The molecular weight excluding hydrogens is 282 g/mol. The molecule has 0 bridgehead atoms. The number of benzene rings is 1. The molecule has 0 saturated heterocycles. The van der Waals surface area contributed by atoms with Crippen molar-refractivity contribution in [3.63, 3.8) is 0 Å². The number of halogens is 1. The molecule has 3 rings (SSSR count). The maximum absolute atomic E-state index is 5.90. The zero-order chi connectivity index (χ0) is 13.5. The van der Waals surface area contributed by atoms with E-state index >= 15 is 0 Å². The van der Waals surface area contributed by atoms with Crippen molar-refractivity contribution < 1.29 is 9.47 Å². The van der Waals surface area contributed by atoms with Gasteiger partial charge >= 0.3 is 0 Å². The van der Waals surface area contributed by atoms with E-state index in [0.717, 1.165) is 28.1 Å². The maximum atomic E-state index is 5.90. The summed E-state index contributed by atoms with van der Waals surface area (Å²) in [6.45, 7) is 4.54. The minimum absolute atomic E-state index is 0.581. The first-order chi connectivity index (χ1) is 9.02. The molecular formula is C14H14ClNO2S. The summed E-state index contributed by atoms with van der Waals surface area (Å²) in [7, 11) is 0. The fourth-order valence-corrected chi connectivity index (χ4v) is 3.00. The fourth-order valence-electron chi connectivity index (χ4n) is 1.97. The van der Waals surface area contributed by atoms with Crippen LogP contribution in [-0.2, 0) is 6.54 Å². The molecule has 2 aromatic rings. The average molecular weight is 296 g/mol. The first kappa shape index (κ1) is 12.6. The van der Waals surface area contributed by atoms with Gasteiger partial charge in [-0.05, 0) is 24.3 Å². The van der Waals surface area contributed by atoms with Crippen LogP contribution in [0.4, 0.5) is 5.69 Å². The highest BCUT2D eigenvalue weighted by Gasteiger charge is 2.31. The highest BCUT2D eigenvalue weighted by atomic mass is 35.5. The number of ether oxygens (including phenoxy) is 2. The summed E-state index contributed by atoms with van der Waals surface area (Å²) >= 11 is 7.48. The molecule has 2 heterocycles. The lowest BCUT2D eigenvalue weighted by molar-refractivity contribution is -0.0431. The third kappa shape index (κ3) is 2.80. The van der Waals surface area contributed by atoms with Crippen molar-refractivity contribution in [3.8, 4) is 11.5 Å². The van der Waals surface area contributed by atoms with E-state index in [1.54, 1.807) is 11.3 Å². The Labute approximate surface area is 121 Å². The lowest BCUT2D eigenvalue weighted by atomic mass is 10.3. The number of nitrogens with one attached hydrogen (secondary N) is 1. The van der Waals surface area contributed by atoms with Gasteiger partial charge in [-0.15, -0.1) is 11.3 Å². The molecule has 0 spiro atoms. The Morgan fingerprint density at radius 1 is 1.16 bits per heavy atom. The van der Waals surface area contributed by atoms with Crippen LogP contribution in [0.25, 0.3) is 0 Å². The van der Waals surface area contributed by atoms with Crippen molar-refractivity contribution in [3.05, 3.63) is 39.5 Å². The first-order valence-electron chi connectivity index (χ1n) is 6.02. The third-order valence-electron chi connectivity index (χ3n) is 2.75. The fraction of sp³-hybridized carbons (Fsp3) is 0.286. The highest BCUT2D eigenvalue weighted by Crippen LogP contribution is 2.40.